The molecule has 0 spiro atoms. The van der Waals surface area contributed by atoms with Gasteiger partial charge in [0.05, 0.1) is 41.1 Å². The number of benzene rings is 3. The van der Waals surface area contributed by atoms with Crippen LogP contribution in [0.15, 0.2) is 48.5 Å². The van der Waals surface area contributed by atoms with Gasteiger partial charge in [-0.15, -0.1) is 0 Å². The summed E-state index contributed by atoms with van der Waals surface area (Å²) in [7, 11) is 3.64. The number of nitrogens with zero attached hydrogens (tertiary/aromatic N) is 3. The van der Waals surface area contributed by atoms with Gasteiger partial charge in [0.15, 0.2) is 17.9 Å². The summed E-state index contributed by atoms with van der Waals surface area (Å²) in [5.41, 5.74) is 5.05. The predicted octanol–water partition coefficient (Wildman–Crippen LogP) is 5.77. The third kappa shape index (κ3) is 2.82. The van der Waals surface area contributed by atoms with Crippen LogP contribution >= 0.6 is 0 Å². The number of hydroxylamine groups is 3. The van der Waals surface area contributed by atoms with Crippen molar-refractivity contribution in [2.75, 3.05) is 20.7 Å². The molecule has 1 unspecified atom stereocenters. The maximum atomic E-state index is 13.5. The van der Waals surface area contributed by atoms with Gasteiger partial charge in [0.2, 0.25) is 0 Å². The van der Waals surface area contributed by atoms with Crippen molar-refractivity contribution in [2.45, 2.75) is 63.8 Å². The molecule has 2 bridgehead atoms. The second-order valence-electron chi connectivity index (χ2n) is 12.1. The zero-order chi connectivity index (χ0) is 27.6. The number of carbonyl (C=O) groups is 1. The topological polar surface area (TPSA) is 77.7 Å². The van der Waals surface area contributed by atoms with Crippen molar-refractivity contribution in [3.63, 3.8) is 0 Å². The van der Waals surface area contributed by atoms with E-state index >= 15 is 0 Å². The fourth-order valence-electron chi connectivity index (χ4n) is 8.19. The Morgan fingerprint density at radius 2 is 1.80 bits per heavy atom. The Kier molecular flexibility index (Phi) is 4.92. The van der Waals surface area contributed by atoms with Crippen molar-refractivity contribution in [1.82, 2.24) is 14.5 Å². The number of likely N-dealkylation sites (N-methyl/N-ethyl adjacent to an activating group) is 1. The van der Waals surface area contributed by atoms with E-state index in [1.165, 1.54) is 0 Å². The zero-order valence-corrected chi connectivity index (χ0v) is 23.4. The molecule has 1 saturated heterocycles. The van der Waals surface area contributed by atoms with Crippen LogP contribution in [0.4, 0.5) is 0 Å². The Bertz CT molecular complexity index is 1880. The van der Waals surface area contributed by atoms with E-state index in [0.29, 0.717) is 19.5 Å². The number of aromatic nitrogens is 2. The van der Waals surface area contributed by atoms with Crippen LogP contribution < -0.4 is 5.32 Å². The lowest BCUT2D eigenvalue weighted by atomic mass is 9.91. The Morgan fingerprint density at radius 1 is 1.10 bits per heavy atom. The summed E-state index contributed by atoms with van der Waals surface area (Å²) in [6.45, 7) is 5.39. The third-order valence-electron chi connectivity index (χ3n) is 9.88. The number of carbonyl (C=O) groups excluding carboxylic acids is 1. The standard InChI is InChI=1S/C32H34N4O4/c1-5-6-15-36(3,38)23-16-24-34-21-13-9-7-11-18(21)26-27-20(17-33-31(27)37)25-19-12-8-10-14-22(19)35(29(25)28(26)34)32(2,40-24)30(23)39-4/h7-14,23-24,30,38H,5-6,15-17H2,1-4H3/p+1/t23-,24-,30-,32+,36?/m1/s1. The van der Waals surface area contributed by atoms with E-state index in [2.05, 4.69) is 64.7 Å². The molecule has 206 valence electrons. The Morgan fingerprint density at radius 3 is 2.52 bits per heavy atom. The van der Waals surface area contributed by atoms with Gasteiger partial charge in [0, 0.05) is 35.2 Å². The summed E-state index contributed by atoms with van der Waals surface area (Å²) in [4.78, 5) is 13.5. The van der Waals surface area contributed by atoms with Crippen LogP contribution in [0.2, 0.25) is 0 Å². The van der Waals surface area contributed by atoms with Gasteiger partial charge in [-0.2, -0.15) is 4.65 Å². The number of hydrogen-bond donors (Lipinski definition) is 2. The van der Waals surface area contributed by atoms with Crippen LogP contribution in [0.5, 0.6) is 0 Å². The molecule has 2 N–H and O–H groups in total. The van der Waals surface area contributed by atoms with Crippen molar-refractivity contribution >= 4 is 49.5 Å². The average Bonchev–Trinajstić information content (AvgIpc) is 3.59. The average molecular weight is 540 g/mol. The number of hydrogen-bond acceptors (Lipinski definition) is 4. The van der Waals surface area contributed by atoms with E-state index in [1.807, 2.05) is 19.2 Å². The molecule has 1 fully saturated rings. The quantitative estimate of drug-likeness (QED) is 0.220. The molecule has 5 aromatic rings. The number of amides is 1. The maximum Gasteiger partial charge on any atom is 0.252 e. The Balaban J connectivity index is 1.59. The summed E-state index contributed by atoms with van der Waals surface area (Å²) >= 11 is 0. The molecule has 5 atom stereocenters. The highest BCUT2D eigenvalue weighted by Crippen LogP contribution is 2.54. The molecule has 1 amide bonds. The van der Waals surface area contributed by atoms with Gasteiger partial charge >= 0.3 is 0 Å². The molecule has 8 heteroatoms. The Labute approximate surface area is 232 Å². The van der Waals surface area contributed by atoms with Gasteiger partial charge in [0.1, 0.15) is 12.8 Å². The van der Waals surface area contributed by atoms with Gasteiger partial charge in [0.25, 0.3) is 5.91 Å². The lowest BCUT2D eigenvalue weighted by Gasteiger charge is -2.51. The van der Waals surface area contributed by atoms with E-state index in [9.17, 15) is 10.0 Å². The third-order valence-corrected chi connectivity index (χ3v) is 9.88. The van der Waals surface area contributed by atoms with E-state index < -0.39 is 11.8 Å². The number of fused-ring (bicyclic) bond motifs is 13. The van der Waals surface area contributed by atoms with Crippen molar-refractivity contribution < 1.29 is 24.1 Å². The molecular weight excluding hydrogens is 504 g/mol. The molecule has 40 heavy (non-hydrogen) atoms. The number of quaternary nitrogens is 1. The van der Waals surface area contributed by atoms with Crippen LogP contribution in [-0.2, 0) is 21.7 Å². The second-order valence-corrected chi connectivity index (χ2v) is 12.1. The molecule has 5 heterocycles. The van der Waals surface area contributed by atoms with E-state index in [-0.39, 0.29) is 22.8 Å². The minimum Gasteiger partial charge on any atom is -0.370 e. The lowest BCUT2D eigenvalue weighted by Crippen LogP contribution is -2.66. The van der Waals surface area contributed by atoms with E-state index in [4.69, 9.17) is 9.47 Å². The van der Waals surface area contributed by atoms with Crippen LogP contribution in [0, 0.1) is 0 Å². The minimum absolute atomic E-state index is 0.0252. The largest absolute Gasteiger partial charge is 0.370 e. The highest BCUT2D eigenvalue weighted by molar-refractivity contribution is 6.31. The van der Waals surface area contributed by atoms with Crippen LogP contribution in [0.1, 0.15) is 55.3 Å². The highest BCUT2D eigenvalue weighted by Gasteiger charge is 2.58. The Hall–Kier alpha value is -3.43. The molecule has 2 aromatic heterocycles. The van der Waals surface area contributed by atoms with Crippen molar-refractivity contribution in [3.8, 4) is 0 Å². The smallest absolute Gasteiger partial charge is 0.252 e. The first kappa shape index (κ1) is 24.4. The van der Waals surface area contributed by atoms with Crippen LogP contribution in [0.3, 0.4) is 0 Å². The first-order valence-corrected chi connectivity index (χ1v) is 14.4. The number of methoxy groups -OCH3 is 1. The van der Waals surface area contributed by atoms with Gasteiger partial charge in [-0.25, -0.2) is 5.21 Å². The van der Waals surface area contributed by atoms with Gasteiger partial charge < -0.3 is 23.9 Å². The molecule has 3 aliphatic rings. The van der Waals surface area contributed by atoms with E-state index in [0.717, 1.165) is 67.6 Å². The lowest BCUT2D eigenvalue weighted by molar-refractivity contribution is -1.11. The summed E-state index contributed by atoms with van der Waals surface area (Å²) in [5.74, 6) is -0.0252. The monoisotopic (exact) mass is 539 g/mol. The van der Waals surface area contributed by atoms with Crippen LogP contribution in [-0.4, -0.2) is 57.7 Å². The number of para-hydroxylation sites is 2. The zero-order valence-electron chi connectivity index (χ0n) is 23.4. The number of unbranched alkanes of at least 4 members (excludes halogenated alkanes) is 1. The van der Waals surface area contributed by atoms with Crippen LogP contribution in [0.25, 0.3) is 43.6 Å². The van der Waals surface area contributed by atoms with Gasteiger partial charge in [-0.05, 0) is 31.0 Å². The summed E-state index contributed by atoms with van der Waals surface area (Å²) in [5, 5.41) is 19.3. The molecule has 0 aliphatic carbocycles. The fraction of sp³-hybridized carbons (Fsp3) is 0.406. The molecule has 8 nitrogen and oxygen atoms in total. The minimum atomic E-state index is -0.921. The number of ether oxygens (including phenoxy) is 2. The first-order valence-electron chi connectivity index (χ1n) is 14.4. The number of rotatable bonds is 5. The molecule has 3 aromatic carbocycles. The molecule has 0 radical (unpaired) electrons. The van der Waals surface area contributed by atoms with E-state index in [1.54, 1.807) is 7.11 Å². The van der Waals surface area contributed by atoms with Crippen molar-refractivity contribution in [2.24, 2.45) is 0 Å². The second kappa shape index (κ2) is 8.07. The van der Waals surface area contributed by atoms with Crippen molar-refractivity contribution in [1.29, 1.82) is 0 Å². The van der Waals surface area contributed by atoms with Gasteiger partial charge in [-0.1, -0.05) is 49.7 Å². The predicted molar refractivity (Wildman–Crippen MR) is 154 cm³/mol. The fourth-order valence-corrected chi connectivity index (χ4v) is 8.19. The molecule has 8 rings (SSSR count). The van der Waals surface area contributed by atoms with Crippen molar-refractivity contribution in [3.05, 3.63) is 59.7 Å². The summed E-state index contributed by atoms with van der Waals surface area (Å²) < 4.78 is 18.0. The summed E-state index contributed by atoms with van der Waals surface area (Å²) in [6.07, 6.45) is 1.71. The molecule has 3 aliphatic heterocycles. The molecular formula is C32H35N4O4+. The maximum absolute atomic E-state index is 13.5. The molecule has 0 saturated carbocycles. The number of nitrogens with one attached hydrogen (secondary N) is 1. The first-order chi connectivity index (χ1) is 19.3. The highest BCUT2D eigenvalue weighted by atomic mass is 16.6. The normalized spacial score (nSPS) is 27.0. The summed E-state index contributed by atoms with van der Waals surface area (Å²) in [6, 6.07) is 16.5. The van der Waals surface area contributed by atoms with Gasteiger partial charge in [-0.3, -0.25) is 4.79 Å². The SMILES string of the molecule is CCCC[N+](C)(O)[C@@H]1C[C@H]2O[C@@](C)([C@@H]1OC)n1c3ccccc3c3c4c(c5c6ccccc6n2c5c31)C(=O)NC4.